The molecule has 1 fully saturated rings. The monoisotopic (exact) mass is 370 g/mol. The second-order valence-corrected chi connectivity index (χ2v) is 7.23. The molecule has 0 amide bonds. The standard InChI is InChI=1S/C21H26N2O2S/c1-15-7-5-8-16(2)20(15)22-21(26)23(14-18-10-6-12-25-18)13-17-9-3-4-11-19(17)24/h3-5,7-9,11,18,24H,6,10,12-14H2,1-2H3,(H,22,26). The molecule has 0 spiro atoms. The van der Waals surface area contributed by atoms with E-state index in [1.54, 1.807) is 6.07 Å². The molecule has 0 aromatic heterocycles. The van der Waals surface area contributed by atoms with E-state index in [2.05, 4.69) is 36.2 Å². The Morgan fingerprint density at radius 1 is 1.19 bits per heavy atom. The number of nitrogens with one attached hydrogen (secondary N) is 1. The molecule has 0 radical (unpaired) electrons. The molecule has 5 heteroatoms. The van der Waals surface area contributed by atoms with Gasteiger partial charge in [0.05, 0.1) is 6.10 Å². The van der Waals surface area contributed by atoms with Crippen LogP contribution in [0.4, 0.5) is 5.69 Å². The molecule has 2 aromatic rings. The molecule has 2 N–H and O–H groups in total. The van der Waals surface area contributed by atoms with E-state index in [9.17, 15) is 5.11 Å². The largest absolute Gasteiger partial charge is 0.508 e. The van der Waals surface area contributed by atoms with Crippen molar-refractivity contribution in [1.29, 1.82) is 0 Å². The average Bonchev–Trinajstić information content (AvgIpc) is 3.12. The summed E-state index contributed by atoms with van der Waals surface area (Å²) in [5, 5.41) is 14.2. The molecule has 1 aliphatic rings. The lowest BCUT2D eigenvalue weighted by Gasteiger charge is -2.29. The molecule has 1 atom stereocenters. The quantitative estimate of drug-likeness (QED) is 0.765. The van der Waals surface area contributed by atoms with Crippen molar-refractivity contribution in [3.8, 4) is 5.75 Å². The maximum absolute atomic E-state index is 10.2. The van der Waals surface area contributed by atoms with Crippen LogP contribution in [0.2, 0.25) is 0 Å². The lowest BCUT2D eigenvalue weighted by Crippen LogP contribution is -2.39. The highest BCUT2D eigenvalue weighted by atomic mass is 32.1. The lowest BCUT2D eigenvalue weighted by atomic mass is 10.1. The van der Waals surface area contributed by atoms with E-state index in [1.165, 1.54) is 0 Å². The number of hydrogen-bond donors (Lipinski definition) is 2. The van der Waals surface area contributed by atoms with E-state index in [0.717, 1.165) is 41.8 Å². The molecule has 138 valence electrons. The van der Waals surface area contributed by atoms with E-state index in [1.807, 2.05) is 24.3 Å². The Labute approximate surface area is 160 Å². The van der Waals surface area contributed by atoms with Gasteiger partial charge in [0.15, 0.2) is 5.11 Å². The predicted molar refractivity (Wildman–Crippen MR) is 110 cm³/mol. The van der Waals surface area contributed by atoms with Crippen LogP contribution in [0.15, 0.2) is 42.5 Å². The van der Waals surface area contributed by atoms with Crippen molar-refractivity contribution < 1.29 is 9.84 Å². The molecule has 0 saturated carbocycles. The molecule has 1 saturated heterocycles. The van der Waals surface area contributed by atoms with Gasteiger partial charge >= 0.3 is 0 Å². The molecular formula is C21H26N2O2S. The van der Waals surface area contributed by atoms with E-state index in [-0.39, 0.29) is 6.10 Å². The smallest absolute Gasteiger partial charge is 0.173 e. The van der Waals surface area contributed by atoms with Gasteiger partial charge < -0.3 is 20.1 Å². The molecule has 0 aliphatic carbocycles. The summed E-state index contributed by atoms with van der Waals surface area (Å²) in [5.74, 6) is 0.291. The van der Waals surface area contributed by atoms with Gasteiger partial charge in [0.25, 0.3) is 0 Å². The van der Waals surface area contributed by atoms with Crippen LogP contribution in [0.5, 0.6) is 5.75 Å². The summed E-state index contributed by atoms with van der Waals surface area (Å²) in [5.41, 5.74) is 4.22. The van der Waals surface area contributed by atoms with Crippen LogP contribution in [0.3, 0.4) is 0 Å². The summed E-state index contributed by atoms with van der Waals surface area (Å²) < 4.78 is 5.81. The highest BCUT2D eigenvalue weighted by Crippen LogP contribution is 2.23. The van der Waals surface area contributed by atoms with Crippen LogP contribution in [-0.4, -0.2) is 34.4 Å². The lowest BCUT2D eigenvalue weighted by molar-refractivity contribution is 0.0903. The number of phenols is 1. The van der Waals surface area contributed by atoms with Crippen molar-refractivity contribution in [2.45, 2.75) is 39.3 Å². The SMILES string of the molecule is Cc1cccc(C)c1NC(=S)N(Cc1ccccc1O)CC1CCCO1. The fourth-order valence-electron chi connectivity index (χ4n) is 3.30. The average molecular weight is 371 g/mol. The Bertz CT molecular complexity index is 752. The fourth-order valence-corrected chi connectivity index (χ4v) is 3.54. The third-order valence-corrected chi connectivity index (χ3v) is 5.16. The number of aryl methyl sites for hydroxylation is 2. The van der Waals surface area contributed by atoms with Crippen molar-refractivity contribution in [2.24, 2.45) is 0 Å². The molecule has 26 heavy (non-hydrogen) atoms. The Balaban J connectivity index is 1.79. The topological polar surface area (TPSA) is 44.7 Å². The van der Waals surface area contributed by atoms with E-state index in [4.69, 9.17) is 17.0 Å². The number of ether oxygens (including phenoxy) is 1. The van der Waals surface area contributed by atoms with Gasteiger partial charge in [-0.05, 0) is 56.1 Å². The van der Waals surface area contributed by atoms with E-state index in [0.29, 0.717) is 24.0 Å². The van der Waals surface area contributed by atoms with Crippen LogP contribution in [-0.2, 0) is 11.3 Å². The highest BCUT2D eigenvalue weighted by molar-refractivity contribution is 7.80. The van der Waals surface area contributed by atoms with Crippen LogP contribution in [0.1, 0.15) is 29.5 Å². The van der Waals surface area contributed by atoms with Crippen molar-refractivity contribution >= 4 is 23.0 Å². The Morgan fingerprint density at radius 2 is 1.92 bits per heavy atom. The first-order chi connectivity index (χ1) is 12.5. The number of anilines is 1. The zero-order chi connectivity index (χ0) is 18.5. The highest BCUT2D eigenvalue weighted by Gasteiger charge is 2.22. The predicted octanol–water partition coefficient (Wildman–Crippen LogP) is 4.39. The summed E-state index contributed by atoms with van der Waals surface area (Å²) in [7, 11) is 0. The first-order valence-corrected chi connectivity index (χ1v) is 9.46. The van der Waals surface area contributed by atoms with Gasteiger partial charge in [0.2, 0.25) is 0 Å². The van der Waals surface area contributed by atoms with Crippen LogP contribution >= 0.6 is 12.2 Å². The fraction of sp³-hybridized carbons (Fsp3) is 0.381. The first kappa shape index (κ1) is 18.7. The maximum Gasteiger partial charge on any atom is 0.173 e. The molecule has 3 rings (SSSR count). The molecule has 1 unspecified atom stereocenters. The number of benzene rings is 2. The maximum atomic E-state index is 10.2. The summed E-state index contributed by atoms with van der Waals surface area (Å²) >= 11 is 5.73. The minimum absolute atomic E-state index is 0.179. The third-order valence-electron chi connectivity index (χ3n) is 4.80. The Hall–Kier alpha value is -2.11. The van der Waals surface area contributed by atoms with Gasteiger partial charge in [0.1, 0.15) is 5.75 Å². The number of aromatic hydroxyl groups is 1. The van der Waals surface area contributed by atoms with Gasteiger partial charge in [-0.25, -0.2) is 0 Å². The second kappa shape index (κ2) is 8.52. The number of thiocarbonyl (C=S) groups is 1. The van der Waals surface area contributed by atoms with E-state index < -0.39 is 0 Å². The van der Waals surface area contributed by atoms with Crippen LogP contribution in [0, 0.1) is 13.8 Å². The Morgan fingerprint density at radius 3 is 2.58 bits per heavy atom. The van der Waals surface area contributed by atoms with Crippen molar-refractivity contribution in [3.05, 3.63) is 59.2 Å². The van der Waals surface area contributed by atoms with Gasteiger partial charge in [-0.1, -0.05) is 36.4 Å². The molecule has 2 aromatic carbocycles. The number of nitrogens with zero attached hydrogens (tertiary/aromatic N) is 1. The zero-order valence-electron chi connectivity index (χ0n) is 15.4. The van der Waals surface area contributed by atoms with Gasteiger partial charge in [-0.15, -0.1) is 0 Å². The molecular weight excluding hydrogens is 344 g/mol. The minimum Gasteiger partial charge on any atom is -0.508 e. The number of hydrogen-bond acceptors (Lipinski definition) is 3. The summed E-state index contributed by atoms with van der Waals surface area (Å²) in [6.07, 6.45) is 2.31. The van der Waals surface area contributed by atoms with Crippen LogP contribution < -0.4 is 5.32 Å². The molecule has 4 nitrogen and oxygen atoms in total. The summed E-state index contributed by atoms with van der Waals surface area (Å²) in [4.78, 5) is 2.09. The third kappa shape index (κ3) is 4.54. The molecule has 0 bridgehead atoms. The summed E-state index contributed by atoms with van der Waals surface area (Å²) in [6, 6.07) is 13.6. The Kier molecular flexibility index (Phi) is 6.12. The van der Waals surface area contributed by atoms with Crippen LogP contribution in [0.25, 0.3) is 0 Å². The van der Waals surface area contributed by atoms with Gasteiger partial charge in [-0.3, -0.25) is 0 Å². The van der Waals surface area contributed by atoms with Crippen molar-refractivity contribution in [2.75, 3.05) is 18.5 Å². The van der Waals surface area contributed by atoms with Gasteiger partial charge in [-0.2, -0.15) is 0 Å². The zero-order valence-corrected chi connectivity index (χ0v) is 16.2. The first-order valence-electron chi connectivity index (χ1n) is 9.05. The van der Waals surface area contributed by atoms with E-state index >= 15 is 0 Å². The van der Waals surface area contributed by atoms with Crippen molar-refractivity contribution in [3.63, 3.8) is 0 Å². The van der Waals surface area contributed by atoms with Gasteiger partial charge in [0, 0.05) is 30.9 Å². The molecule has 1 heterocycles. The number of rotatable bonds is 5. The number of phenolic OH excluding ortho intramolecular Hbond substituents is 1. The summed E-state index contributed by atoms with van der Waals surface area (Å²) in [6.45, 7) is 6.22. The minimum atomic E-state index is 0.179. The number of para-hydroxylation sites is 2. The van der Waals surface area contributed by atoms with Crippen molar-refractivity contribution in [1.82, 2.24) is 4.90 Å². The normalized spacial score (nSPS) is 16.5. The second-order valence-electron chi connectivity index (χ2n) is 6.84. The molecule has 1 aliphatic heterocycles.